The van der Waals surface area contributed by atoms with E-state index >= 15 is 0 Å². The SMILES string of the molecule is CC(C)(C)[Si](C)(C)OC(CCC=CC[C@H]1[C@@H](O)CC(OC2CCCCO2)[C@@H]1CCCCc1ccccc1)C(=O)O. The van der Waals surface area contributed by atoms with E-state index in [0.717, 1.165) is 58.0 Å². The number of allylic oxidation sites excluding steroid dienone is 2. The van der Waals surface area contributed by atoms with Crippen LogP contribution >= 0.6 is 0 Å². The van der Waals surface area contributed by atoms with Gasteiger partial charge in [-0.05, 0) is 93.3 Å². The standard InChI is InChI=1S/C33H54O6Si/c1-33(2,3)40(4,5)39-29(32(35)36)21-11-7-10-19-26-27(20-13-12-18-25-16-8-6-9-17-25)30(24-28(26)34)38-31-22-14-15-23-37-31/h6-10,16-17,26-31,34H,11-15,18-24H2,1-5H3,(H,35,36)/t26-,27-,28+,29?,30?,31?/m1/s1. The highest BCUT2D eigenvalue weighted by Crippen LogP contribution is 2.41. The summed E-state index contributed by atoms with van der Waals surface area (Å²) in [4.78, 5) is 11.9. The molecule has 1 saturated heterocycles. The molecule has 1 aliphatic carbocycles. The number of carboxylic acids is 1. The van der Waals surface area contributed by atoms with E-state index in [4.69, 9.17) is 13.9 Å². The van der Waals surface area contributed by atoms with Gasteiger partial charge in [-0.2, -0.15) is 0 Å². The van der Waals surface area contributed by atoms with E-state index in [9.17, 15) is 15.0 Å². The molecular weight excluding hydrogens is 520 g/mol. The zero-order valence-corrected chi connectivity index (χ0v) is 26.5. The Kier molecular flexibility index (Phi) is 12.9. The molecule has 6 atom stereocenters. The number of rotatable bonds is 15. The number of hydrogen-bond donors (Lipinski definition) is 2. The Balaban J connectivity index is 1.55. The van der Waals surface area contributed by atoms with Gasteiger partial charge in [0.2, 0.25) is 0 Å². The summed E-state index contributed by atoms with van der Waals surface area (Å²) in [5.41, 5.74) is 1.37. The number of aryl methyl sites for hydroxylation is 1. The number of aliphatic hydroxyl groups excluding tert-OH is 1. The Labute approximate surface area is 243 Å². The maximum absolute atomic E-state index is 11.9. The molecule has 6 nitrogen and oxygen atoms in total. The second-order valence-corrected chi connectivity index (χ2v) is 18.1. The number of aliphatic carboxylic acids is 1. The van der Waals surface area contributed by atoms with E-state index in [1.807, 2.05) is 0 Å². The zero-order valence-electron chi connectivity index (χ0n) is 25.5. The van der Waals surface area contributed by atoms with Crippen LogP contribution in [-0.4, -0.2) is 55.7 Å². The van der Waals surface area contributed by atoms with Crippen molar-refractivity contribution in [3.63, 3.8) is 0 Å². The van der Waals surface area contributed by atoms with Gasteiger partial charge in [-0.3, -0.25) is 0 Å². The third kappa shape index (κ3) is 10.1. The Hall–Kier alpha value is -1.51. The summed E-state index contributed by atoms with van der Waals surface area (Å²) in [5, 5.41) is 20.8. The largest absolute Gasteiger partial charge is 0.479 e. The lowest BCUT2D eigenvalue weighted by Crippen LogP contribution is -2.46. The maximum atomic E-state index is 11.9. The van der Waals surface area contributed by atoms with Gasteiger partial charge in [0.05, 0.1) is 12.2 Å². The van der Waals surface area contributed by atoms with E-state index in [1.54, 1.807) is 0 Å². The third-order valence-corrected chi connectivity index (χ3v) is 13.7. The first-order valence-corrected chi connectivity index (χ1v) is 18.4. The van der Waals surface area contributed by atoms with Crippen LogP contribution in [0.3, 0.4) is 0 Å². The minimum atomic E-state index is -2.17. The maximum Gasteiger partial charge on any atom is 0.331 e. The molecule has 3 rings (SSSR count). The highest BCUT2D eigenvalue weighted by Gasteiger charge is 2.43. The summed E-state index contributed by atoms with van der Waals surface area (Å²) in [5.74, 6) is -0.458. The summed E-state index contributed by atoms with van der Waals surface area (Å²) < 4.78 is 18.5. The number of benzene rings is 1. The molecule has 1 heterocycles. The predicted molar refractivity (Wildman–Crippen MR) is 163 cm³/mol. The van der Waals surface area contributed by atoms with Crippen LogP contribution in [0.15, 0.2) is 42.5 Å². The predicted octanol–water partition coefficient (Wildman–Crippen LogP) is 7.51. The molecule has 0 aromatic heterocycles. The van der Waals surface area contributed by atoms with Gasteiger partial charge in [-0.1, -0.05) is 69.7 Å². The Morgan fingerprint density at radius 2 is 1.88 bits per heavy atom. The second-order valence-electron chi connectivity index (χ2n) is 13.3. The number of unbranched alkanes of at least 4 members (excludes halogenated alkanes) is 1. The van der Waals surface area contributed by atoms with Gasteiger partial charge in [0.1, 0.15) is 6.10 Å². The van der Waals surface area contributed by atoms with Gasteiger partial charge >= 0.3 is 5.97 Å². The van der Waals surface area contributed by atoms with Crippen LogP contribution < -0.4 is 0 Å². The fourth-order valence-corrected chi connectivity index (χ4v) is 7.07. The van der Waals surface area contributed by atoms with Crippen molar-refractivity contribution in [2.24, 2.45) is 11.8 Å². The summed E-state index contributed by atoms with van der Waals surface area (Å²) in [6, 6.07) is 10.6. The van der Waals surface area contributed by atoms with E-state index in [2.05, 4.69) is 76.3 Å². The molecule has 3 unspecified atom stereocenters. The van der Waals surface area contributed by atoms with Crippen molar-refractivity contribution in [2.45, 2.75) is 134 Å². The van der Waals surface area contributed by atoms with Crippen LogP contribution in [0.1, 0.15) is 90.5 Å². The molecule has 0 spiro atoms. The molecule has 7 heteroatoms. The molecule has 0 bridgehead atoms. The average Bonchev–Trinajstić information content (AvgIpc) is 3.19. The van der Waals surface area contributed by atoms with E-state index in [0.29, 0.717) is 19.3 Å². The van der Waals surface area contributed by atoms with Gasteiger partial charge in [0, 0.05) is 13.0 Å². The van der Waals surface area contributed by atoms with Gasteiger partial charge in [0.15, 0.2) is 14.6 Å². The van der Waals surface area contributed by atoms with Crippen molar-refractivity contribution in [3.05, 3.63) is 48.0 Å². The monoisotopic (exact) mass is 574 g/mol. The molecule has 40 heavy (non-hydrogen) atoms. The molecule has 2 fully saturated rings. The fraction of sp³-hybridized carbons (Fsp3) is 0.727. The van der Waals surface area contributed by atoms with E-state index in [-0.39, 0.29) is 29.3 Å². The van der Waals surface area contributed by atoms with Crippen molar-refractivity contribution in [1.82, 2.24) is 0 Å². The molecule has 1 aromatic carbocycles. The van der Waals surface area contributed by atoms with Crippen molar-refractivity contribution < 1.29 is 28.9 Å². The number of hydrogen-bond acceptors (Lipinski definition) is 5. The summed E-state index contributed by atoms with van der Waals surface area (Å²) in [6.07, 6.45) is 12.9. The molecule has 1 saturated carbocycles. The van der Waals surface area contributed by atoms with Crippen LogP contribution in [0, 0.1) is 11.8 Å². The van der Waals surface area contributed by atoms with Gasteiger partial charge in [-0.15, -0.1) is 0 Å². The van der Waals surface area contributed by atoms with Crippen LogP contribution in [0.5, 0.6) is 0 Å². The smallest absolute Gasteiger partial charge is 0.331 e. The molecule has 2 aliphatic rings. The van der Waals surface area contributed by atoms with E-state index < -0.39 is 26.5 Å². The molecule has 2 N–H and O–H groups in total. The lowest BCUT2D eigenvalue weighted by atomic mass is 9.86. The summed E-state index contributed by atoms with van der Waals surface area (Å²) >= 11 is 0. The molecule has 226 valence electrons. The quantitative estimate of drug-likeness (QED) is 0.128. The first-order chi connectivity index (χ1) is 19.0. The van der Waals surface area contributed by atoms with Crippen LogP contribution in [0.25, 0.3) is 0 Å². The highest BCUT2D eigenvalue weighted by atomic mass is 28.4. The Morgan fingerprint density at radius 1 is 1.12 bits per heavy atom. The normalized spacial score (nSPS) is 26.8. The average molecular weight is 575 g/mol. The highest BCUT2D eigenvalue weighted by molar-refractivity contribution is 6.74. The van der Waals surface area contributed by atoms with Crippen molar-refractivity contribution in [1.29, 1.82) is 0 Å². The van der Waals surface area contributed by atoms with Crippen molar-refractivity contribution in [2.75, 3.05) is 6.61 Å². The number of carboxylic acid groups (broad SMARTS) is 1. The topological polar surface area (TPSA) is 85.2 Å². The fourth-order valence-electron chi connectivity index (χ4n) is 5.79. The Bertz CT molecular complexity index is 905. The van der Waals surface area contributed by atoms with E-state index in [1.165, 1.54) is 5.56 Å². The first kappa shape index (κ1) is 33.0. The Morgan fingerprint density at radius 3 is 2.52 bits per heavy atom. The van der Waals surface area contributed by atoms with Crippen molar-refractivity contribution in [3.8, 4) is 0 Å². The minimum Gasteiger partial charge on any atom is -0.479 e. The summed E-state index contributed by atoms with van der Waals surface area (Å²) in [7, 11) is -2.17. The lowest BCUT2D eigenvalue weighted by Gasteiger charge is -2.38. The third-order valence-electron chi connectivity index (χ3n) is 9.24. The van der Waals surface area contributed by atoms with Crippen LogP contribution in [-0.2, 0) is 25.1 Å². The van der Waals surface area contributed by atoms with Gasteiger partial charge in [0.25, 0.3) is 0 Å². The minimum absolute atomic E-state index is 0.0163. The van der Waals surface area contributed by atoms with Gasteiger partial charge < -0.3 is 24.1 Å². The second kappa shape index (κ2) is 15.6. The lowest BCUT2D eigenvalue weighted by molar-refractivity contribution is -0.196. The van der Waals surface area contributed by atoms with Crippen LogP contribution in [0.4, 0.5) is 0 Å². The molecule has 1 aliphatic heterocycles. The molecule has 0 amide bonds. The van der Waals surface area contributed by atoms with Crippen LogP contribution in [0.2, 0.25) is 18.1 Å². The number of aliphatic hydroxyl groups is 1. The van der Waals surface area contributed by atoms with Crippen molar-refractivity contribution >= 4 is 14.3 Å². The zero-order chi connectivity index (χ0) is 29.2. The molecular formula is C33H54O6Si. The first-order valence-electron chi connectivity index (χ1n) is 15.5. The molecule has 1 aromatic rings. The van der Waals surface area contributed by atoms with Gasteiger partial charge in [-0.25, -0.2) is 4.79 Å². The number of ether oxygens (including phenoxy) is 2. The molecule has 0 radical (unpaired) electrons. The number of carbonyl (C=O) groups is 1. The summed E-state index contributed by atoms with van der Waals surface area (Å²) in [6.45, 7) is 11.3.